The summed E-state index contributed by atoms with van der Waals surface area (Å²) in [6, 6.07) is 12.7. The van der Waals surface area contributed by atoms with Gasteiger partial charge < -0.3 is 10.6 Å². The van der Waals surface area contributed by atoms with E-state index >= 15 is 0 Å². The van der Waals surface area contributed by atoms with Crippen LogP contribution in [0.4, 0.5) is 0 Å². The Morgan fingerprint density at radius 2 is 1.88 bits per heavy atom. The van der Waals surface area contributed by atoms with Crippen LogP contribution in [0.2, 0.25) is 0 Å². The van der Waals surface area contributed by atoms with Crippen LogP contribution in [0.15, 0.2) is 30.3 Å². The first-order valence-corrected chi connectivity index (χ1v) is 6.18. The molecule has 0 atom stereocenters. The highest BCUT2D eigenvalue weighted by Crippen LogP contribution is 2.18. The fourth-order valence-corrected chi connectivity index (χ4v) is 2.22. The van der Waals surface area contributed by atoms with E-state index in [1.54, 1.807) is 0 Å². The molecule has 2 rings (SSSR count). The molecule has 0 aliphatic carbocycles. The average Bonchev–Trinajstić information content (AvgIpc) is 2.39. The van der Waals surface area contributed by atoms with Crippen molar-refractivity contribution in [2.75, 3.05) is 19.6 Å². The molecule has 0 radical (unpaired) electrons. The highest BCUT2D eigenvalue weighted by Gasteiger charge is 2.29. The van der Waals surface area contributed by atoms with Crippen molar-refractivity contribution in [2.45, 2.75) is 24.8 Å². The van der Waals surface area contributed by atoms with Gasteiger partial charge in [-0.15, -0.1) is 0 Å². The van der Waals surface area contributed by atoms with Gasteiger partial charge in [0, 0.05) is 19.6 Å². The molecule has 3 nitrogen and oxygen atoms in total. The van der Waals surface area contributed by atoms with Gasteiger partial charge in [-0.3, -0.25) is 0 Å². The van der Waals surface area contributed by atoms with E-state index in [0.29, 0.717) is 0 Å². The minimum atomic E-state index is -0.580. The van der Waals surface area contributed by atoms with Crippen molar-refractivity contribution in [2.24, 2.45) is 5.73 Å². The van der Waals surface area contributed by atoms with Gasteiger partial charge in [0.1, 0.15) is 5.54 Å². The van der Waals surface area contributed by atoms with E-state index in [0.717, 1.165) is 38.9 Å². The number of nitriles is 1. The summed E-state index contributed by atoms with van der Waals surface area (Å²) in [5.41, 5.74) is 6.73. The van der Waals surface area contributed by atoms with Gasteiger partial charge in [-0.25, -0.2) is 0 Å². The molecule has 0 unspecified atom stereocenters. The number of rotatable bonds is 3. The van der Waals surface area contributed by atoms with Crippen LogP contribution in [0.25, 0.3) is 0 Å². The summed E-state index contributed by atoms with van der Waals surface area (Å²) in [6.45, 7) is 2.94. The lowest BCUT2D eigenvalue weighted by atomic mass is 9.90. The minimum Gasteiger partial charge on any atom is -0.313 e. The van der Waals surface area contributed by atoms with Gasteiger partial charge in [0.25, 0.3) is 0 Å². The maximum absolute atomic E-state index is 8.95. The molecule has 0 spiro atoms. The largest absolute Gasteiger partial charge is 0.313 e. The molecule has 90 valence electrons. The summed E-state index contributed by atoms with van der Waals surface area (Å²) in [5, 5.41) is 8.95. The molecule has 1 fully saturated rings. The Morgan fingerprint density at radius 1 is 1.24 bits per heavy atom. The zero-order chi connectivity index (χ0) is 12.1. The van der Waals surface area contributed by atoms with Crippen molar-refractivity contribution in [1.29, 1.82) is 5.26 Å². The second-order valence-electron chi connectivity index (χ2n) is 4.85. The summed E-state index contributed by atoms with van der Waals surface area (Å²) in [5.74, 6) is 0. The van der Waals surface area contributed by atoms with Crippen LogP contribution in [-0.4, -0.2) is 30.1 Å². The van der Waals surface area contributed by atoms with E-state index in [1.807, 2.05) is 6.07 Å². The van der Waals surface area contributed by atoms with Crippen LogP contribution < -0.4 is 5.73 Å². The first kappa shape index (κ1) is 12.1. The predicted molar refractivity (Wildman–Crippen MR) is 68.4 cm³/mol. The fraction of sp³-hybridized carbons (Fsp3) is 0.500. The molecule has 0 saturated carbocycles. The third-order valence-electron chi connectivity index (χ3n) is 3.53. The quantitative estimate of drug-likeness (QED) is 0.855. The topological polar surface area (TPSA) is 53.1 Å². The SMILES string of the molecule is N#CC1(N)CCN(CCc2ccccc2)CC1. The Hall–Kier alpha value is -1.37. The molecule has 2 N–H and O–H groups in total. The number of benzene rings is 1. The Balaban J connectivity index is 1.78. The summed E-state index contributed by atoms with van der Waals surface area (Å²) >= 11 is 0. The maximum Gasteiger partial charge on any atom is 0.106 e. The van der Waals surface area contributed by atoms with Gasteiger partial charge in [-0.2, -0.15) is 5.26 Å². The first-order valence-electron chi connectivity index (χ1n) is 6.18. The number of piperidine rings is 1. The fourth-order valence-electron chi connectivity index (χ4n) is 2.22. The third kappa shape index (κ3) is 3.29. The number of nitrogens with two attached hydrogens (primary N) is 1. The van der Waals surface area contributed by atoms with E-state index in [4.69, 9.17) is 11.0 Å². The Kier molecular flexibility index (Phi) is 3.78. The smallest absolute Gasteiger partial charge is 0.106 e. The molecule has 1 heterocycles. The molecular weight excluding hydrogens is 210 g/mol. The van der Waals surface area contributed by atoms with Crippen LogP contribution >= 0.6 is 0 Å². The molecule has 0 aromatic heterocycles. The summed E-state index contributed by atoms with van der Waals surface area (Å²) < 4.78 is 0. The van der Waals surface area contributed by atoms with Gasteiger partial charge in [0.05, 0.1) is 6.07 Å². The average molecular weight is 229 g/mol. The molecular formula is C14H19N3. The minimum absolute atomic E-state index is 0.580. The molecule has 3 heteroatoms. The van der Waals surface area contributed by atoms with E-state index < -0.39 is 5.54 Å². The maximum atomic E-state index is 8.95. The summed E-state index contributed by atoms with van der Waals surface area (Å²) in [7, 11) is 0. The van der Waals surface area contributed by atoms with E-state index in [9.17, 15) is 0 Å². The van der Waals surface area contributed by atoms with Crippen LogP contribution in [0.3, 0.4) is 0 Å². The van der Waals surface area contributed by atoms with Crippen LogP contribution in [0.1, 0.15) is 18.4 Å². The van der Waals surface area contributed by atoms with Crippen molar-refractivity contribution in [1.82, 2.24) is 4.90 Å². The van der Waals surface area contributed by atoms with Gasteiger partial charge in [0.2, 0.25) is 0 Å². The van der Waals surface area contributed by atoms with Gasteiger partial charge >= 0.3 is 0 Å². The molecule has 1 aliphatic rings. The molecule has 17 heavy (non-hydrogen) atoms. The predicted octanol–water partition coefficient (Wildman–Crippen LogP) is 1.55. The normalized spacial score (nSPS) is 19.8. The zero-order valence-electron chi connectivity index (χ0n) is 10.1. The Bertz CT molecular complexity index is 386. The van der Waals surface area contributed by atoms with E-state index in [-0.39, 0.29) is 0 Å². The van der Waals surface area contributed by atoms with E-state index in [1.165, 1.54) is 5.56 Å². The second kappa shape index (κ2) is 5.31. The third-order valence-corrected chi connectivity index (χ3v) is 3.53. The van der Waals surface area contributed by atoms with Gasteiger partial charge in [-0.05, 0) is 24.8 Å². The summed E-state index contributed by atoms with van der Waals surface area (Å²) in [4.78, 5) is 2.40. The molecule has 0 bridgehead atoms. The second-order valence-corrected chi connectivity index (χ2v) is 4.85. The van der Waals surface area contributed by atoms with E-state index in [2.05, 4.69) is 35.2 Å². The Morgan fingerprint density at radius 3 is 2.47 bits per heavy atom. The molecule has 0 amide bonds. The van der Waals surface area contributed by atoms with Crippen molar-refractivity contribution in [3.8, 4) is 6.07 Å². The standard InChI is InChI=1S/C14H19N3/c15-12-14(16)7-10-17(11-8-14)9-6-13-4-2-1-3-5-13/h1-5H,6-11,16H2. The van der Waals surface area contributed by atoms with Crippen molar-refractivity contribution >= 4 is 0 Å². The van der Waals surface area contributed by atoms with Crippen molar-refractivity contribution in [3.63, 3.8) is 0 Å². The number of hydrogen-bond acceptors (Lipinski definition) is 3. The van der Waals surface area contributed by atoms with Gasteiger partial charge in [-0.1, -0.05) is 30.3 Å². The molecule has 1 aliphatic heterocycles. The van der Waals surface area contributed by atoms with Crippen molar-refractivity contribution < 1.29 is 0 Å². The number of hydrogen-bond donors (Lipinski definition) is 1. The molecule has 1 saturated heterocycles. The highest BCUT2D eigenvalue weighted by atomic mass is 15.1. The monoisotopic (exact) mass is 229 g/mol. The zero-order valence-corrected chi connectivity index (χ0v) is 10.1. The van der Waals surface area contributed by atoms with Crippen LogP contribution in [-0.2, 0) is 6.42 Å². The lowest BCUT2D eigenvalue weighted by Gasteiger charge is -2.34. The van der Waals surface area contributed by atoms with Crippen LogP contribution in [0, 0.1) is 11.3 Å². The lowest BCUT2D eigenvalue weighted by molar-refractivity contribution is 0.190. The van der Waals surface area contributed by atoms with Gasteiger partial charge in [0.15, 0.2) is 0 Å². The summed E-state index contributed by atoms with van der Waals surface area (Å²) in [6.07, 6.45) is 2.65. The molecule has 1 aromatic rings. The van der Waals surface area contributed by atoms with Crippen LogP contribution in [0.5, 0.6) is 0 Å². The highest BCUT2D eigenvalue weighted by molar-refractivity contribution is 5.15. The van der Waals surface area contributed by atoms with Crippen molar-refractivity contribution in [3.05, 3.63) is 35.9 Å². The lowest BCUT2D eigenvalue weighted by Crippen LogP contribution is -2.49. The first-order chi connectivity index (χ1) is 8.22. The number of nitrogens with zero attached hydrogens (tertiary/aromatic N) is 2. The Labute approximate surface area is 103 Å². The number of likely N-dealkylation sites (tertiary alicyclic amines) is 1. The molecule has 1 aromatic carbocycles.